The Bertz CT molecular complexity index is 386. The molecule has 0 radical (unpaired) electrons. The van der Waals surface area contributed by atoms with Gasteiger partial charge in [0.2, 0.25) is 5.13 Å². The van der Waals surface area contributed by atoms with Crippen LogP contribution in [0.5, 0.6) is 0 Å². The van der Waals surface area contributed by atoms with E-state index < -0.39 is 0 Å². The third-order valence-electron chi connectivity index (χ3n) is 2.90. The van der Waals surface area contributed by atoms with Gasteiger partial charge in [0.15, 0.2) is 0 Å². The highest BCUT2D eigenvalue weighted by molar-refractivity contribution is 7.09. The quantitative estimate of drug-likeness (QED) is 0.864. The Morgan fingerprint density at radius 3 is 2.50 bits per heavy atom. The first kappa shape index (κ1) is 11.8. The van der Waals surface area contributed by atoms with Gasteiger partial charge in [-0.25, -0.2) is 4.98 Å². The van der Waals surface area contributed by atoms with Gasteiger partial charge in [-0.2, -0.15) is 4.37 Å². The lowest BCUT2D eigenvalue weighted by Gasteiger charge is -2.27. The summed E-state index contributed by atoms with van der Waals surface area (Å²) >= 11 is 1.41. The molecule has 16 heavy (non-hydrogen) atoms. The average molecular weight is 241 g/mol. The number of hydrogen-bond donors (Lipinski definition) is 1. The van der Waals surface area contributed by atoms with Crippen molar-refractivity contribution in [3.05, 3.63) is 5.82 Å². The van der Waals surface area contributed by atoms with Crippen molar-refractivity contribution >= 4 is 16.7 Å². The van der Waals surface area contributed by atoms with Gasteiger partial charge in [0.25, 0.3) is 0 Å². The molecular weight excluding hydrogens is 222 g/mol. The molecule has 1 N–H and O–H groups in total. The fourth-order valence-corrected chi connectivity index (χ4v) is 2.92. The molecule has 5 heteroatoms. The van der Waals surface area contributed by atoms with Gasteiger partial charge in [0.1, 0.15) is 5.82 Å². The second-order valence-corrected chi connectivity index (χ2v) is 6.26. The van der Waals surface area contributed by atoms with Crippen LogP contribution in [0.2, 0.25) is 0 Å². The molecule has 1 unspecified atom stereocenters. The predicted molar refractivity (Wildman–Crippen MR) is 65.9 cm³/mol. The summed E-state index contributed by atoms with van der Waals surface area (Å²) in [4.78, 5) is 4.33. The molecule has 1 atom stereocenters. The van der Waals surface area contributed by atoms with Crippen LogP contribution in [0.25, 0.3) is 0 Å². The van der Waals surface area contributed by atoms with Crippen LogP contribution in [0.1, 0.15) is 39.9 Å². The van der Waals surface area contributed by atoms with E-state index in [1.807, 2.05) is 6.92 Å². The summed E-state index contributed by atoms with van der Waals surface area (Å²) in [5, 5.41) is 4.31. The number of hydrogen-bond acceptors (Lipinski definition) is 5. The van der Waals surface area contributed by atoms with Crippen molar-refractivity contribution in [1.82, 2.24) is 9.36 Å². The summed E-state index contributed by atoms with van der Waals surface area (Å²) in [6.45, 7) is 10.4. The van der Waals surface area contributed by atoms with Gasteiger partial charge in [0, 0.05) is 11.5 Å². The summed E-state index contributed by atoms with van der Waals surface area (Å²) < 4.78 is 10.2. The monoisotopic (exact) mass is 241 g/mol. The lowest BCUT2D eigenvalue weighted by molar-refractivity contribution is -0.0662. The molecule has 0 bridgehead atoms. The summed E-state index contributed by atoms with van der Waals surface area (Å²) in [6.07, 6.45) is 0.985. The van der Waals surface area contributed by atoms with Crippen molar-refractivity contribution in [2.24, 2.45) is 0 Å². The molecule has 1 fully saturated rings. The van der Waals surface area contributed by atoms with E-state index in [1.54, 1.807) is 0 Å². The van der Waals surface area contributed by atoms with Crippen LogP contribution >= 0.6 is 11.5 Å². The Kier molecular flexibility index (Phi) is 2.70. The highest BCUT2D eigenvalue weighted by atomic mass is 32.1. The average Bonchev–Trinajstić information content (AvgIpc) is 2.55. The van der Waals surface area contributed by atoms with E-state index in [1.165, 1.54) is 11.5 Å². The zero-order valence-electron chi connectivity index (χ0n) is 10.5. The van der Waals surface area contributed by atoms with E-state index in [-0.39, 0.29) is 17.2 Å². The van der Waals surface area contributed by atoms with E-state index in [0.29, 0.717) is 0 Å². The largest absolute Gasteiger partial charge is 0.367 e. The normalized spacial score (nSPS) is 26.9. The van der Waals surface area contributed by atoms with Gasteiger partial charge in [-0.05, 0) is 41.0 Å². The second-order valence-electron chi connectivity index (χ2n) is 5.51. The van der Waals surface area contributed by atoms with Gasteiger partial charge >= 0.3 is 0 Å². The number of aryl methyl sites for hydroxylation is 1. The van der Waals surface area contributed by atoms with Crippen molar-refractivity contribution in [3.63, 3.8) is 0 Å². The molecule has 90 valence electrons. The van der Waals surface area contributed by atoms with Crippen molar-refractivity contribution in [3.8, 4) is 0 Å². The van der Waals surface area contributed by atoms with Crippen molar-refractivity contribution in [2.45, 2.75) is 58.3 Å². The molecule has 0 aromatic carbocycles. The smallest absolute Gasteiger partial charge is 0.202 e. The number of rotatable bonds is 2. The molecule has 2 heterocycles. The van der Waals surface area contributed by atoms with Gasteiger partial charge in [-0.1, -0.05) is 0 Å². The Labute approximate surface area is 101 Å². The first-order valence-electron chi connectivity index (χ1n) is 5.55. The summed E-state index contributed by atoms with van der Waals surface area (Å²) in [5.74, 6) is 0.823. The number of aromatic nitrogens is 2. The van der Waals surface area contributed by atoms with Gasteiger partial charge in [-0.3, -0.25) is 0 Å². The lowest BCUT2D eigenvalue weighted by Crippen LogP contribution is -2.38. The molecule has 1 aliphatic heterocycles. The molecule has 0 spiro atoms. The first-order valence-corrected chi connectivity index (χ1v) is 6.33. The molecule has 4 nitrogen and oxygen atoms in total. The second kappa shape index (κ2) is 3.67. The lowest BCUT2D eigenvalue weighted by atomic mass is 9.95. The summed E-state index contributed by atoms with van der Waals surface area (Å²) in [5.41, 5.74) is -0.232. The fourth-order valence-electron chi connectivity index (χ4n) is 2.29. The van der Waals surface area contributed by atoms with Crippen LogP contribution in [0.4, 0.5) is 5.13 Å². The van der Waals surface area contributed by atoms with E-state index in [0.717, 1.165) is 17.4 Å². The number of nitrogens with zero attached hydrogens (tertiary/aromatic N) is 2. The Balaban J connectivity index is 2.10. The summed E-state index contributed by atoms with van der Waals surface area (Å²) in [6, 6.07) is 0.287. The van der Waals surface area contributed by atoms with Crippen molar-refractivity contribution in [2.75, 3.05) is 5.32 Å². The van der Waals surface area contributed by atoms with Gasteiger partial charge in [-0.15, -0.1) is 0 Å². The van der Waals surface area contributed by atoms with Crippen molar-refractivity contribution in [1.29, 1.82) is 0 Å². The highest BCUT2D eigenvalue weighted by Gasteiger charge is 2.46. The zero-order valence-corrected chi connectivity index (χ0v) is 11.3. The van der Waals surface area contributed by atoms with Crippen LogP contribution < -0.4 is 5.32 Å². The molecular formula is C11H19N3OS. The van der Waals surface area contributed by atoms with Crippen LogP contribution in [0, 0.1) is 6.92 Å². The third-order valence-corrected chi connectivity index (χ3v) is 3.64. The molecule has 2 rings (SSSR count). The van der Waals surface area contributed by atoms with Crippen LogP contribution in [-0.2, 0) is 4.74 Å². The van der Waals surface area contributed by atoms with Crippen LogP contribution in [0.15, 0.2) is 0 Å². The molecule has 1 aromatic rings. The topological polar surface area (TPSA) is 47.0 Å². The zero-order chi connectivity index (χ0) is 12.0. The molecule has 0 amide bonds. The minimum Gasteiger partial charge on any atom is -0.367 e. The van der Waals surface area contributed by atoms with Gasteiger partial charge in [0.05, 0.1) is 17.2 Å². The maximum atomic E-state index is 6.02. The molecule has 1 aliphatic rings. The first-order chi connectivity index (χ1) is 7.28. The minimum atomic E-state index is -0.164. The van der Waals surface area contributed by atoms with Gasteiger partial charge < -0.3 is 10.1 Å². The number of ether oxygens (including phenoxy) is 1. The standard InChI is InChI=1S/C11H19N3OS/c1-7-12-9(16-14-7)13-8-6-10(2,3)15-11(8,4)5/h8H,6H2,1-5H3,(H,12,13,14). The minimum absolute atomic E-state index is 0.0686. The number of anilines is 1. The Morgan fingerprint density at radius 1 is 1.38 bits per heavy atom. The van der Waals surface area contributed by atoms with E-state index in [4.69, 9.17) is 4.74 Å². The maximum absolute atomic E-state index is 6.02. The predicted octanol–water partition coefficient (Wildman–Crippen LogP) is 2.60. The maximum Gasteiger partial charge on any atom is 0.202 e. The molecule has 0 saturated carbocycles. The van der Waals surface area contributed by atoms with Crippen molar-refractivity contribution < 1.29 is 4.74 Å². The Morgan fingerprint density at radius 2 is 2.06 bits per heavy atom. The van der Waals surface area contributed by atoms with E-state index >= 15 is 0 Å². The van der Waals surface area contributed by atoms with Crippen LogP contribution in [0.3, 0.4) is 0 Å². The van der Waals surface area contributed by atoms with Crippen LogP contribution in [-0.4, -0.2) is 26.6 Å². The SMILES string of the molecule is Cc1nsc(NC2CC(C)(C)OC2(C)C)n1. The molecule has 1 saturated heterocycles. The third kappa shape index (κ3) is 2.35. The fraction of sp³-hybridized carbons (Fsp3) is 0.818. The Hall–Kier alpha value is -0.680. The summed E-state index contributed by atoms with van der Waals surface area (Å²) in [7, 11) is 0. The number of nitrogens with one attached hydrogen (secondary N) is 1. The highest BCUT2D eigenvalue weighted by Crippen LogP contribution is 2.38. The molecule has 1 aromatic heterocycles. The van der Waals surface area contributed by atoms with E-state index in [9.17, 15) is 0 Å². The van der Waals surface area contributed by atoms with E-state index in [2.05, 4.69) is 42.4 Å². The molecule has 0 aliphatic carbocycles.